The van der Waals surface area contributed by atoms with Gasteiger partial charge in [-0.25, -0.2) is 0 Å². The molecule has 1 aromatic heterocycles. The first-order chi connectivity index (χ1) is 12.1. The van der Waals surface area contributed by atoms with E-state index >= 15 is 0 Å². The van der Waals surface area contributed by atoms with Crippen LogP contribution in [0.3, 0.4) is 0 Å². The Balaban J connectivity index is 1.48. The zero-order valence-electron chi connectivity index (χ0n) is 15.4. The van der Waals surface area contributed by atoms with Crippen molar-refractivity contribution in [1.82, 2.24) is 14.7 Å². The van der Waals surface area contributed by atoms with Crippen molar-refractivity contribution in [2.24, 2.45) is 13.0 Å². The van der Waals surface area contributed by atoms with E-state index in [0.717, 1.165) is 43.8 Å². The standard InChI is InChI=1S/C20H27N3O2/c1-15-14-19(22(2)21-15)20(24)23-12-10-17(11-13-23)5-4-16-6-8-18(25-3)9-7-16/h6-9,14,17H,4-5,10-13H2,1-3H3. The van der Waals surface area contributed by atoms with Crippen LogP contribution in [0.5, 0.6) is 5.75 Å². The Labute approximate surface area is 149 Å². The van der Waals surface area contributed by atoms with Gasteiger partial charge in [-0.15, -0.1) is 0 Å². The van der Waals surface area contributed by atoms with Crippen LogP contribution in [0.2, 0.25) is 0 Å². The molecule has 0 spiro atoms. The summed E-state index contributed by atoms with van der Waals surface area (Å²) in [6.45, 7) is 3.61. The Kier molecular flexibility index (Phi) is 5.41. The van der Waals surface area contributed by atoms with E-state index in [1.165, 1.54) is 12.0 Å². The van der Waals surface area contributed by atoms with Crippen LogP contribution < -0.4 is 4.74 Å². The summed E-state index contributed by atoms with van der Waals surface area (Å²) in [6, 6.07) is 10.2. The molecule has 1 aromatic carbocycles. The minimum atomic E-state index is 0.108. The van der Waals surface area contributed by atoms with Gasteiger partial charge in [-0.05, 0) is 62.3 Å². The molecule has 2 aromatic rings. The molecular weight excluding hydrogens is 314 g/mol. The molecule has 1 aliphatic heterocycles. The van der Waals surface area contributed by atoms with Gasteiger partial charge in [0.05, 0.1) is 12.8 Å². The van der Waals surface area contributed by atoms with Crippen molar-refractivity contribution in [3.63, 3.8) is 0 Å². The molecule has 5 nitrogen and oxygen atoms in total. The van der Waals surface area contributed by atoms with E-state index in [2.05, 4.69) is 17.2 Å². The number of likely N-dealkylation sites (tertiary alicyclic amines) is 1. The fraction of sp³-hybridized carbons (Fsp3) is 0.500. The average Bonchev–Trinajstić information content (AvgIpc) is 2.98. The highest BCUT2D eigenvalue weighted by Gasteiger charge is 2.25. The molecule has 25 heavy (non-hydrogen) atoms. The van der Waals surface area contributed by atoms with Gasteiger partial charge in [0.15, 0.2) is 0 Å². The van der Waals surface area contributed by atoms with Crippen LogP contribution in [0.4, 0.5) is 0 Å². The van der Waals surface area contributed by atoms with E-state index in [1.807, 2.05) is 37.1 Å². The maximum absolute atomic E-state index is 12.6. The van der Waals surface area contributed by atoms with Crippen LogP contribution in [0.25, 0.3) is 0 Å². The maximum Gasteiger partial charge on any atom is 0.272 e. The molecule has 134 valence electrons. The lowest BCUT2D eigenvalue weighted by Gasteiger charge is -2.32. The Morgan fingerprint density at radius 3 is 2.48 bits per heavy atom. The van der Waals surface area contributed by atoms with Crippen molar-refractivity contribution < 1.29 is 9.53 Å². The lowest BCUT2D eigenvalue weighted by atomic mass is 9.90. The Bertz CT molecular complexity index is 713. The number of rotatable bonds is 5. The minimum Gasteiger partial charge on any atom is -0.497 e. The van der Waals surface area contributed by atoms with Crippen molar-refractivity contribution in [1.29, 1.82) is 0 Å². The number of carbonyl (C=O) groups is 1. The second kappa shape index (κ2) is 7.72. The third kappa shape index (κ3) is 4.21. The molecule has 3 rings (SSSR count). The van der Waals surface area contributed by atoms with Crippen LogP contribution in [0.1, 0.15) is 41.0 Å². The predicted octanol–water partition coefficient (Wildman–Crippen LogP) is 3.22. The SMILES string of the molecule is COc1ccc(CCC2CCN(C(=O)c3cc(C)nn3C)CC2)cc1. The first-order valence-electron chi connectivity index (χ1n) is 8.99. The fourth-order valence-corrected chi connectivity index (χ4v) is 3.56. The smallest absolute Gasteiger partial charge is 0.272 e. The number of nitrogens with zero attached hydrogens (tertiary/aromatic N) is 3. The fourth-order valence-electron chi connectivity index (χ4n) is 3.56. The van der Waals surface area contributed by atoms with Gasteiger partial charge in [0.1, 0.15) is 11.4 Å². The Morgan fingerprint density at radius 1 is 1.24 bits per heavy atom. The van der Waals surface area contributed by atoms with Crippen LogP contribution in [0.15, 0.2) is 30.3 Å². The summed E-state index contributed by atoms with van der Waals surface area (Å²) in [5, 5.41) is 4.28. The van der Waals surface area contributed by atoms with Crippen LogP contribution in [0, 0.1) is 12.8 Å². The maximum atomic E-state index is 12.6. The molecule has 1 amide bonds. The number of ether oxygens (including phenoxy) is 1. The van der Waals surface area contributed by atoms with Crippen molar-refractivity contribution in [2.45, 2.75) is 32.6 Å². The van der Waals surface area contributed by atoms with Gasteiger partial charge < -0.3 is 9.64 Å². The summed E-state index contributed by atoms with van der Waals surface area (Å²) >= 11 is 0. The molecular formula is C20H27N3O2. The molecule has 1 fully saturated rings. The Hall–Kier alpha value is -2.30. The van der Waals surface area contributed by atoms with Crippen LogP contribution >= 0.6 is 0 Å². The molecule has 0 saturated carbocycles. The highest BCUT2D eigenvalue weighted by atomic mass is 16.5. The summed E-state index contributed by atoms with van der Waals surface area (Å²) < 4.78 is 6.89. The molecule has 0 aliphatic carbocycles. The van der Waals surface area contributed by atoms with Gasteiger partial charge in [0, 0.05) is 20.1 Å². The number of benzene rings is 1. The van der Waals surface area contributed by atoms with E-state index < -0.39 is 0 Å². The number of hydrogen-bond acceptors (Lipinski definition) is 3. The van der Waals surface area contributed by atoms with Crippen LogP contribution in [-0.4, -0.2) is 40.8 Å². The monoisotopic (exact) mass is 341 g/mol. The summed E-state index contributed by atoms with van der Waals surface area (Å²) in [4.78, 5) is 14.6. The number of carbonyl (C=O) groups excluding carboxylic acids is 1. The van der Waals surface area contributed by atoms with Gasteiger partial charge in [0.2, 0.25) is 0 Å². The first-order valence-corrected chi connectivity index (χ1v) is 8.99. The number of amides is 1. The van der Waals surface area contributed by atoms with E-state index in [0.29, 0.717) is 11.6 Å². The Morgan fingerprint density at radius 2 is 1.92 bits per heavy atom. The second-order valence-electron chi connectivity index (χ2n) is 6.92. The lowest BCUT2D eigenvalue weighted by Crippen LogP contribution is -2.39. The van der Waals surface area contributed by atoms with Crippen LogP contribution in [-0.2, 0) is 13.5 Å². The zero-order valence-corrected chi connectivity index (χ0v) is 15.4. The molecule has 0 atom stereocenters. The number of hydrogen-bond donors (Lipinski definition) is 0. The molecule has 0 radical (unpaired) electrons. The third-order valence-electron chi connectivity index (χ3n) is 5.12. The summed E-state index contributed by atoms with van der Waals surface area (Å²) in [7, 11) is 3.53. The molecule has 0 bridgehead atoms. The predicted molar refractivity (Wildman–Crippen MR) is 97.9 cm³/mol. The number of aromatic nitrogens is 2. The van der Waals surface area contributed by atoms with Crippen molar-refractivity contribution in [3.8, 4) is 5.75 Å². The lowest BCUT2D eigenvalue weighted by molar-refractivity contribution is 0.0676. The third-order valence-corrected chi connectivity index (χ3v) is 5.12. The normalized spacial score (nSPS) is 15.4. The van der Waals surface area contributed by atoms with Crippen molar-refractivity contribution >= 4 is 5.91 Å². The van der Waals surface area contributed by atoms with E-state index in [9.17, 15) is 4.79 Å². The van der Waals surface area contributed by atoms with Gasteiger partial charge in [0.25, 0.3) is 5.91 Å². The van der Waals surface area contributed by atoms with E-state index in [1.54, 1.807) is 11.8 Å². The summed E-state index contributed by atoms with van der Waals surface area (Å²) in [5.41, 5.74) is 2.93. The first kappa shape index (κ1) is 17.5. The summed E-state index contributed by atoms with van der Waals surface area (Å²) in [5.74, 6) is 1.71. The van der Waals surface area contributed by atoms with Gasteiger partial charge in [-0.1, -0.05) is 12.1 Å². The number of aryl methyl sites for hydroxylation is 3. The number of methoxy groups -OCH3 is 1. The van der Waals surface area contributed by atoms with Gasteiger partial charge in [-0.3, -0.25) is 9.48 Å². The van der Waals surface area contributed by atoms with E-state index in [-0.39, 0.29) is 5.91 Å². The van der Waals surface area contributed by atoms with E-state index in [4.69, 9.17) is 4.74 Å². The topological polar surface area (TPSA) is 47.4 Å². The van der Waals surface area contributed by atoms with Gasteiger partial charge >= 0.3 is 0 Å². The molecule has 5 heteroatoms. The largest absolute Gasteiger partial charge is 0.497 e. The second-order valence-corrected chi connectivity index (χ2v) is 6.92. The molecule has 0 unspecified atom stereocenters. The molecule has 1 saturated heterocycles. The molecule has 1 aliphatic rings. The molecule has 0 N–H and O–H groups in total. The number of piperidine rings is 1. The summed E-state index contributed by atoms with van der Waals surface area (Å²) in [6.07, 6.45) is 4.43. The van der Waals surface area contributed by atoms with Crippen molar-refractivity contribution in [2.75, 3.05) is 20.2 Å². The quantitative estimate of drug-likeness (QED) is 0.839. The highest BCUT2D eigenvalue weighted by molar-refractivity contribution is 5.92. The minimum absolute atomic E-state index is 0.108. The molecule has 2 heterocycles. The zero-order chi connectivity index (χ0) is 17.8. The van der Waals surface area contributed by atoms with Gasteiger partial charge in [-0.2, -0.15) is 5.10 Å². The highest BCUT2D eigenvalue weighted by Crippen LogP contribution is 2.24. The average molecular weight is 341 g/mol. The van der Waals surface area contributed by atoms with Crippen molar-refractivity contribution in [3.05, 3.63) is 47.3 Å².